The van der Waals surface area contributed by atoms with Gasteiger partial charge in [0.1, 0.15) is 5.54 Å². The summed E-state index contributed by atoms with van der Waals surface area (Å²) in [5, 5.41) is 9.29. The molecule has 0 aromatic rings. The Labute approximate surface area is 108 Å². The summed E-state index contributed by atoms with van der Waals surface area (Å²) in [6.07, 6.45) is 2.47. The number of carbonyl (C=O) groups is 2. The fraction of sp³-hybridized carbons (Fsp3) is 0.846. The first-order valence-electron chi connectivity index (χ1n) is 6.69. The molecule has 1 saturated heterocycles. The molecule has 1 rings (SSSR count). The summed E-state index contributed by atoms with van der Waals surface area (Å²) >= 11 is 0. The number of ether oxygens (including phenoxy) is 1. The average Bonchev–Trinajstić information content (AvgIpc) is 2.67. The van der Waals surface area contributed by atoms with E-state index in [2.05, 4.69) is 0 Å². The van der Waals surface area contributed by atoms with Crippen LogP contribution in [0.25, 0.3) is 0 Å². The number of hydrogen-bond donors (Lipinski definition) is 1. The van der Waals surface area contributed by atoms with Gasteiger partial charge in [0.25, 0.3) is 0 Å². The monoisotopic (exact) mass is 257 g/mol. The maximum Gasteiger partial charge on any atom is 0.408 e. The first kappa shape index (κ1) is 14.8. The van der Waals surface area contributed by atoms with Gasteiger partial charge in [-0.05, 0) is 32.6 Å². The van der Waals surface area contributed by atoms with E-state index in [0.29, 0.717) is 25.9 Å². The Morgan fingerprint density at radius 1 is 1.44 bits per heavy atom. The van der Waals surface area contributed by atoms with E-state index in [4.69, 9.17) is 4.74 Å². The van der Waals surface area contributed by atoms with E-state index in [-0.39, 0.29) is 12.0 Å². The Bertz CT molecular complexity index is 318. The van der Waals surface area contributed by atoms with E-state index in [0.717, 1.165) is 12.8 Å². The lowest BCUT2D eigenvalue weighted by Gasteiger charge is -2.35. The predicted molar refractivity (Wildman–Crippen MR) is 67.4 cm³/mol. The van der Waals surface area contributed by atoms with Crippen LogP contribution in [0.5, 0.6) is 0 Å². The summed E-state index contributed by atoms with van der Waals surface area (Å²) in [7, 11) is 0. The van der Waals surface area contributed by atoms with Gasteiger partial charge in [-0.25, -0.2) is 9.59 Å². The number of esters is 1. The molecule has 0 radical (unpaired) electrons. The molecular formula is C13H23NO4. The molecule has 2 atom stereocenters. The van der Waals surface area contributed by atoms with Crippen molar-refractivity contribution in [3.05, 3.63) is 0 Å². The third-order valence-electron chi connectivity index (χ3n) is 3.78. The molecule has 0 bridgehead atoms. The molecule has 18 heavy (non-hydrogen) atoms. The van der Waals surface area contributed by atoms with Crippen molar-refractivity contribution in [3.8, 4) is 0 Å². The van der Waals surface area contributed by atoms with Crippen molar-refractivity contribution in [3.63, 3.8) is 0 Å². The highest BCUT2D eigenvalue weighted by molar-refractivity contribution is 5.86. The van der Waals surface area contributed by atoms with Crippen LogP contribution in [0.1, 0.15) is 52.9 Å². The smallest absolute Gasteiger partial charge is 0.408 e. The molecule has 0 aromatic heterocycles. The van der Waals surface area contributed by atoms with Gasteiger partial charge in [-0.3, -0.25) is 4.90 Å². The zero-order valence-corrected chi connectivity index (χ0v) is 11.4. The topological polar surface area (TPSA) is 66.8 Å². The molecule has 1 aliphatic heterocycles. The van der Waals surface area contributed by atoms with Gasteiger partial charge >= 0.3 is 12.1 Å². The fourth-order valence-electron chi connectivity index (χ4n) is 2.63. The van der Waals surface area contributed by atoms with Gasteiger partial charge in [0, 0.05) is 6.04 Å². The molecule has 0 saturated carbocycles. The highest BCUT2D eigenvalue weighted by Crippen LogP contribution is 2.37. The maximum absolute atomic E-state index is 12.2. The first-order valence-corrected chi connectivity index (χ1v) is 6.69. The van der Waals surface area contributed by atoms with Crippen molar-refractivity contribution < 1.29 is 19.4 Å². The summed E-state index contributed by atoms with van der Waals surface area (Å²) in [6.45, 7) is 6.07. The first-order chi connectivity index (χ1) is 8.49. The van der Waals surface area contributed by atoms with Gasteiger partial charge in [-0.15, -0.1) is 0 Å². The lowest BCUT2D eigenvalue weighted by molar-refractivity contribution is -0.156. The van der Waals surface area contributed by atoms with Crippen LogP contribution in [0.3, 0.4) is 0 Å². The Balaban J connectivity index is 2.83. The second-order valence-electron chi connectivity index (χ2n) is 4.91. The van der Waals surface area contributed by atoms with Gasteiger partial charge in [0.15, 0.2) is 0 Å². The number of hydrogen-bond acceptors (Lipinski definition) is 3. The van der Waals surface area contributed by atoms with Gasteiger partial charge in [-0.1, -0.05) is 20.3 Å². The molecule has 1 amide bonds. The lowest BCUT2D eigenvalue weighted by atomic mass is 9.93. The summed E-state index contributed by atoms with van der Waals surface area (Å²) in [5.74, 6) is -0.384. The van der Waals surface area contributed by atoms with Gasteiger partial charge in [0.2, 0.25) is 0 Å². The van der Waals surface area contributed by atoms with Crippen LogP contribution in [0.4, 0.5) is 4.79 Å². The largest absolute Gasteiger partial charge is 0.465 e. The molecular weight excluding hydrogens is 234 g/mol. The van der Waals surface area contributed by atoms with Crippen LogP contribution >= 0.6 is 0 Å². The minimum Gasteiger partial charge on any atom is -0.465 e. The standard InChI is InChI=1S/C13H23NO4/c1-4-6-9-18-11(15)13(5-2)8-7-10(3)14(13)12(16)17/h10H,4-9H2,1-3H3,(H,16,17). The molecule has 1 heterocycles. The number of nitrogens with zero attached hydrogens (tertiary/aromatic N) is 1. The van der Waals surface area contributed by atoms with Crippen LogP contribution in [-0.2, 0) is 9.53 Å². The summed E-state index contributed by atoms with van der Waals surface area (Å²) in [4.78, 5) is 24.8. The average molecular weight is 257 g/mol. The van der Waals surface area contributed by atoms with Crippen LogP contribution in [0.2, 0.25) is 0 Å². The number of rotatable bonds is 5. The van der Waals surface area contributed by atoms with Crippen molar-refractivity contribution in [1.29, 1.82) is 0 Å². The van der Waals surface area contributed by atoms with E-state index in [9.17, 15) is 14.7 Å². The molecule has 0 aromatic carbocycles. The summed E-state index contributed by atoms with van der Waals surface area (Å²) < 4.78 is 5.25. The SMILES string of the molecule is CCCCOC(=O)C1(CC)CCC(C)N1C(=O)O. The zero-order chi connectivity index (χ0) is 13.8. The third-order valence-corrected chi connectivity index (χ3v) is 3.78. The van der Waals surface area contributed by atoms with Crippen LogP contribution in [0.15, 0.2) is 0 Å². The Morgan fingerprint density at radius 3 is 2.61 bits per heavy atom. The summed E-state index contributed by atoms with van der Waals surface area (Å²) in [6, 6.07) is -0.124. The van der Waals surface area contributed by atoms with Gasteiger partial charge in [-0.2, -0.15) is 0 Å². The fourth-order valence-corrected chi connectivity index (χ4v) is 2.63. The Morgan fingerprint density at radius 2 is 2.11 bits per heavy atom. The molecule has 2 unspecified atom stereocenters. The lowest BCUT2D eigenvalue weighted by Crippen LogP contribution is -2.55. The molecule has 104 valence electrons. The maximum atomic E-state index is 12.2. The highest BCUT2D eigenvalue weighted by Gasteiger charge is 2.52. The van der Waals surface area contributed by atoms with Crippen LogP contribution in [0, 0.1) is 0 Å². The van der Waals surface area contributed by atoms with E-state index < -0.39 is 11.6 Å². The van der Waals surface area contributed by atoms with E-state index in [1.807, 2.05) is 20.8 Å². The Kier molecular flexibility index (Phi) is 4.99. The highest BCUT2D eigenvalue weighted by atomic mass is 16.5. The second-order valence-corrected chi connectivity index (χ2v) is 4.91. The van der Waals surface area contributed by atoms with Crippen molar-refractivity contribution in [1.82, 2.24) is 4.90 Å². The third kappa shape index (κ3) is 2.60. The quantitative estimate of drug-likeness (QED) is 0.607. The minimum absolute atomic E-state index is 0.124. The molecule has 1 fully saturated rings. The number of amides is 1. The molecule has 1 N–H and O–H groups in total. The normalized spacial score (nSPS) is 27.3. The predicted octanol–water partition coefficient (Wildman–Crippen LogP) is 2.64. The van der Waals surface area contributed by atoms with Crippen molar-refractivity contribution >= 4 is 12.1 Å². The molecule has 5 nitrogen and oxygen atoms in total. The van der Waals surface area contributed by atoms with Gasteiger partial charge < -0.3 is 9.84 Å². The second kappa shape index (κ2) is 6.07. The Hall–Kier alpha value is -1.26. The number of carbonyl (C=O) groups excluding carboxylic acids is 1. The van der Waals surface area contributed by atoms with E-state index in [1.165, 1.54) is 4.90 Å². The van der Waals surface area contributed by atoms with Crippen LogP contribution in [-0.4, -0.2) is 40.3 Å². The number of carboxylic acid groups (broad SMARTS) is 1. The summed E-state index contributed by atoms with van der Waals surface area (Å²) in [5.41, 5.74) is -0.973. The van der Waals surface area contributed by atoms with E-state index in [1.54, 1.807) is 0 Å². The van der Waals surface area contributed by atoms with E-state index >= 15 is 0 Å². The molecule has 1 aliphatic rings. The van der Waals surface area contributed by atoms with Crippen molar-refractivity contribution in [2.45, 2.75) is 64.5 Å². The zero-order valence-electron chi connectivity index (χ0n) is 11.4. The number of likely N-dealkylation sites (tertiary alicyclic amines) is 1. The molecule has 0 spiro atoms. The molecule has 5 heteroatoms. The van der Waals surface area contributed by atoms with Crippen molar-refractivity contribution in [2.24, 2.45) is 0 Å². The van der Waals surface area contributed by atoms with Crippen molar-refractivity contribution in [2.75, 3.05) is 6.61 Å². The van der Waals surface area contributed by atoms with Crippen LogP contribution < -0.4 is 0 Å². The van der Waals surface area contributed by atoms with Gasteiger partial charge in [0.05, 0.1) is 6.61 Å². The minimum atomic E-state index is -1.03. The molecule has 0 aliphatic carbocycles. The number of unbranched alkanes of at least 4 members (excludes halogenated alkanes) is 1.